The summed E-state index contributed by atoms with van der Waals surface area (Å²) in [5.41, 5.74) is 3.11. The van der Waals surface area contributed by atoms with Crippen molar-refractivity contribution in [2.75, 3.05) is 11.1 Å². The molecule has 2 aromatic heterocycles. The number of nitrogens with zero attached hydrogens (tertiary/aromatic N) is 6. The van der Waals surface area contributed by atoms with E-state index in [1.165, 1.54) is 16.4 Å². The van der Waals surface area contributed by atoms with Crippen LogP contribution in [0.3, 0.4) is 0 Å². The Bertz CT molecular complexity index is 1220. The number of anilines is 1. The molecule has 1 atom stereocenters. The number of rotatable bonds is 8. The van der Waals surface area contributed by atoms with E-state index < -0.39 is 0 Å². The normalized spacial score (nSPS) is 11.7. The molecule has 4 rings (SSSR count). The lowest BCUT2D eigenvalue weighted by atomic mass is 10.1. The molecule has 0 saturated heterocycles. The summed E-state index contributed by atoms with van der Waals surface area (Å²) in [6.07, 6.45) is 5.34. The highest BCUT2D eigenvalue weighted by Crippen LogP contribution is 2.18. The van der Waals surface area contributed by atoms with Crippen LogP contribution >= 0.6 is 11.8 Å². The molecule has 2 heterocycles. The van der Waals surface area contributed by atoms with E-state index in [2.05, 4.69) is 31.1 Å². The average molecular weight is 463 g/mol. The van der Waals surface area contributed by atoms with Crippen molar-refractivity contribution < 1.29 is 9.59 Å². The minimum atomic E-state index is -0.190. The van der Waals surface area contributed by atoms with Crippen LogP contribution in [-0.2, 0) is 11.8 Å². The molecule has 168 valence electrons. The summed E-state index contributed by atoms with van der Waals surface area (Å²) < 4.78 is 3.42. The van der Waals surface area contributed by atoms with E-state index in [9.17, 15) is 9.59 Å². The maximum Gasteiger partial charge on any atom is 0.251 e. The van der Waals surface area contributed by atoms with Gasteiger partial charge in [0.15, 0.2) is 0 Å². The molecule has 4 aromatic rings. The van der Waals surface area contributed by atoms with E-state index in [0.717, 1.165) is 11.3 Å². The fraction of sp³-hybridized carbons (Fsp3) is 0.182. The average Bonchev–Trinajstić information content (AvgIpc) is 3.50. The third-order valence-electron chi connectivity index (χ3n) is 4.89. The Morgan fingerprint density at radius 2 is 1.85 bits per heavy atom. The molecule has 0 radical (unpaired) electrons. The van der Waals surface area contributed by atoms with Crippen molar-refractivity contribution in [1.82, 2.24) is 35.1 Å². The molecule has 0 aliphatic rings. The predicted octanol–water partition coefficient (Wildman–Crippen LogP) is 2.62. The predicted molar refractivity (Wildman–Crippen MR) is 124 cm³/mol. The molecule has 33 heavy (non-hydrogen) atoms. The van der Waals surface area contributed by atoms with Crippen molar-refractivity contribution in [1.29, 1.82) is 0 Å². The quantitative estimate of drug-likeness (QED) is 0.386. The standard InChI is InChI=1S/C22H22N8O2S/c1-15(16-5-9-19(10-6-16)30-12-11-23-14-30)24-21(32)17-3-7-18(8-4-17)25-20(31)13-33-22-26-27-28-29(22)2/h3-12,14-15H,13H2,1-2H3,(H,24,32)(H,25,31)/t15-/m1/s1. The highest BCUT2D eigenvalue weighted by Gasteiger charge is 2.13. The molecule has 0 bridgehead atoms. The Morgan fingerprint density at radius 3 is 2.48 bits per heavy atom. The van der Waals surface area contributed by atoms with Gasteiger partial charge < -0.3 is 15.2 Å². The van der Waals surface area contributed by atoms with E-state index in [-0.39, 0.29) is 23.6 Å². The van der Waals surface area contributed by atoms with Crippen LogP contribution in [0.1, 0.15) is 28.9 Å². The number of hydrogen-bond donors (Lipinski definition) is 2. The second-order valence-corrected chi connectivity index (χ2v) is 8.20. The van der Waals surface area contributed by atoms with Gasteiger partial charge in [-0.05, 0) is 59.3 Å². The van der Waals surface area contributed by atoms with Gasteiger partial charge in [-0.25, -0.2) is 9.67 Å². The molecular formula is C22H22N8O2S. The van der Waals surface area contributed by atoms with Crippen LogP contribution in [0.5, 0.6) is 0 Å². The lowest BCUT2D eigenvalue weighted by molar-refractivity contribution is -0.113. The summed E-state index contributed by atoms with van der Waals surface area (Å²) in [4.78, 5) is 28.8. The third-order valence-corrected chi connectivity index (χ3v) is 5.90. The molecule has 2 amide bonds. The number of benzene rings is 2. The topological polar surface area (TPSA) is 120 Å². The van der Waals surface area contributed by atoms with Crippen LogP contribution in [0.2, 0.25) is 0 Å². The first kappa shape index (κ1) is 22.2. The monoisotopic (exact) mass is 462 g/mol. The maximum atomic E-state index is 12.6. The van der Waals surface area contributed by atoms with Gasteiger partial charge in [0.2, 0.25) is 11.1 Å². The fourth-order valence-corrected chi connectivity index (χ4v) is 3.74. The van der Waals surface area contributed by atoms with Crippen molar-refractivity contribution in [2.24, 2.45) is 7.05 Å². The molecule has 2 aromatic carbocycles. The zero-order chi connectivity index (χ0) is 23.2. The van der Waals surface area contributed by atoms with Crippen molar-refractivity contribution in [2.45, 2.75) is 18.1 Å². The number of hydrogen-bond acceptors (Lipinski definition) is 7. The number of aromatic nitrogens is 6. The number of tetrazole rings is 1. The smallest absolute Gasteiger partial charge is 0.251 e. The Hall–Kier alpha value is -3.99. The summed E-state index contributed by atoms with van der Waals surface area (Å²) in [7, 11) is 1.71. The first-order valence-electron chi connectivity index (χ1n) is 10.1. The zero-order valence-electron chi connectivity index (χ0n) is 18.0. The number of nitrogens with one attached hydrogen (secondary N) is 2. The molecule has 0 saturated carbocycles. The summed E-state index contributed by atoms with van der Waals surface area (Å²) >= 11 is 1.24. The highest BCUT2D eigenvalue weighted by molar-refractivity contribution is 7.99. The Morgan fingerprint density at radius 1 is 1.09 bits per heavy atom. The van der Waals surface area contributed by atoms with Gasteiger partial charge in [0.05, 0.1) is 18.1 Å². The van der Waals surface area contributed by atoms with Crippen LogP contribution < -0.4 is 10.6 Å². The lowest BCUT2D eigenvalue weighted by Crippen LogP contribution is -2.26. The van der Waals surface area contributed by atoms with E-state index in [0.29, 0.717) is 16.4 Å². The van der Waals surface area contributed by atoms with Crippen molar-refractivity contribution in [3.63, 3.8) is 0 Å². The number of carbonyl (C=O) groups is 2. The molecule has 10 nitrogen and oxygen atoms in total. The van der Waals surface area contributed by atoms with Crippen molar-refractivity contribution in [3.05, 3.63) is 78.4 Å². The van der Waals surface area contributed by atoms with E-state index >= 15 is 0 Å². The Labute approximate surface area is 194 Å². The van der Waals surface area contributed by atoms with Gasteiger partial charge in [-0.15, -0.1) is 5.10 Å². The Balaban J connectivity index is 1.29. The maximum absolute atomic E-state index is 12.6. The third kappa shape index (κ3) is 5.63. The summed E-state index contributed by atoms with van der Waals surface area (Å²) in [5.74, 6) is -0.203. The molecule has 0 spiro atoms. The summed E-state index contributed by atoms with van der Waals surface area (Å²) in [5, 5.41) is 17.4. The largest absolute Gasteiger partial charge is 0.346 e. The Kier molecular flexibility index (Phi) is 6.79. The molecule has 0 aliphatic carbocycles. The second-order valence-electron chi connectivity index (χ2n) is 7.26. The van der Waals surface area contributed by atoms with Crippen LogP contribution in [0.15, 0.2) is 72.4 Å². The minimum absolute atomic E-state index is 0.166. The van der Waals surface area contributed by atoms with E-state index in [1.54, 1.807) is 43.8 Å². The number of carbonyl (C=O) groups excluding carboxylic acids is 2. The van der Waals surface area contributed by atoms with E-state index in [1.807, 2.05) is 42.0 Å². The van der Waals surface area contributed by atoms with Gasteiger partial charge in [-0.2, -0.15) is 0 Å². The second kappa shape index (κ2) is 10.1. The molecule has 2 N–H and O–H groups in total. The van der Waals surface area contributed by atoms with Crippen LogP contribution in [-0.4, -0.2) is 47.3 Å². The van der Waals surface area contributed by atoms with Gasteiger partial charge >= 0.3 is 0 Å². The molecule has 0 aliphatic heterocycles. The van der Waals surface area contributed by atoms with Gasteiger partial charge in [0.1, 0.15) is 0 Å². The summed E-state index contributed by atoms with van der Waals surface area (Å²) in [6.45, 7) is 1.93. The molecule has 0 unspecified atom stereocenters. The molecule has 11 heteroatoms. The van der Waals surface area contributed by atoms with Crippen LogP contribution in [0.25, 0.3) is 5.69 Å². The van der Waals surface area contributed by atoms with E-state index in [4.69, 9.17) is 0 Å². The van der Waals surface area contributed by atoms with Crippen molar-refractivity contribution >= 4 is 29.3 Å². The molecular weight excluding hydrogens is 440 g/mol. The van der Waals surface area contributed by atoms with Crippen molar-refractivity contribution in [3.8, 4) is 5.69 Å². The fourth-order valence-electron chi connectivity index (χ4n) is 3.09. The van der Waals surface area contributed by atoms with Gasteiger partial charge in [-0.1, -0.05) is 23.9 Å². The first-order chi connectivity index (χ1) is 16.0. The van der Waals surface area contributed by atoms with Gasteiger partial charge in [-0.3, -0.25) is 9.59 Å². The van der Waals surface area contributed by atoms with Crippen LogP contribution in [0, 0.1) is 0 Å². The highest BCUT2D eigenvalue weighted by atomic mass is 32.2. The SMILES string of the molecule is C[C@@H](NC(=O)c1ccc(NC(=O)CSc2nnnn2C)cc1)c1ccc(-n2ccnc2)cc1. The summed E-state index contributed by atoms with van der Waals surface area (Å²) in [6, 6.07) is 14.5. The minimum Gasteiger partial charge on any atom is -0.346 e. The number of thioether (sulfide) groups is 1. The lowest BCUT2D eigenvalue weighted by Gasteiger charge is -2.15. The number of amides is 2. The number of imidazole rings is 1. The van der Waals surface area contributed by atoms with Gasteiger partial charge in [0.25, 0.3) is 5.91 Å². The first-order valence-corrected chi connectivity index (χ1v) is 11.1. The van der Waals surface area contributed by atoms with Gasteiger partial charge in [0, 0.05) is 36.4 Å². The van der Waals surface area contributed by atoms with Crippen LogP contribution in [0.4, 0.5) is 5.69 Å². The number of aryl methyl sites for hydroxylation is 1. The molecule has 0 fully saturated rings. The zero-order valence-corrected chi connectivity index (χ0v) is 18.9.